The largest absolute Gasteiger partial charge is 0.478 e. The van der Waals surface area contributed by atoms with Crippen molar-refractivity contribution in [2.45, 2.75) is 24.6 Å². The first kappa shape index (κ1) is 23.8. The first-order chi connectivity index (χ1) is 14.9. The van der Waals surface area contributed by atoms with E-state index in [0.29, 0.717) is 0 Å². The van der Waals surface area contributed by atoms with Gasteiger partial charge in [0, 0.05) is 29.4 Å². The molecule has 0 bridgehead atoms. The van der Waals surface area contributed by atoms with E-state index in [1.807, 2.05) is 0 Å². The lowest BCUT2D eigenvalue weighted by molar-refractivity contribution is -0.274. The number of aromatic nitrogens is 2. The van der Waals surface area contributed by atoms with Crippen LogP contribution >= 0.6 is 23.2 Å². The number of carbonyl (C=O) groups is 1. The molecule has 6 nitrogen and oxygen atoms in total. The first-order valence-electron chi connectivity index (χ1n) is 9.01. The fourth-order valence-corrected chi connectivity index (χ4v) is 3.58. The maximum atomic E-state index is 14.1. The van der Waals surface area contributed by atoms with Crippen LogP contribution in [-0.2, 0) is 5.60 Å². The van der Waals surface area contributed by atoms with E-state index in [-0.39, 0.29) is 32.9 Å². The summed E-state index contributed by atoms with van der Waals surface area (Å²) in [4.78, 5) is 18.4. The highest BCUT2D eigenvalue weighted by Gasteiger charge is 2.59. The number of aromatic carboxylic acids is 1. The molecule has 0 aliphatic rings. The van der Waals surface area contributed by atoms with Crippen molar-refractivity contribution in [2.75, 3.05) is 0 Å². The number of hydrogen-bond donors (Lipinski definition) is 2. The van der Waals surface area contributed by atoms with Crippen molar-refractivity contribution in [3.63, 3.8) is 0 Å². The number of carboxylic acids is 1. The summed E-state index contributed by atoms with van der Waals surface area (Å²) in [6.45, 7) is 1.17. The third kappa shape index (κ3) is 4.64. The molecule has 2 heterocycles. The number of benzene rings is 1. The van der Waals surface area contributed by atoms with Gasteiger partial charge in [0.05, 0.1) is 5.56 Å². The van der Waals surface area contributed by atoms with Crippen LogP contribution in [-0.4, -0.2) is 32.3 Å². The molecule has 32 heavy (non-hydrogen) atoms. The van der Waals surface area contributed by atoms with E-state index in [2.05, 4.69) is 9.97 Å². The van der Waals surface area contributed by atoms with Gasteiger partial charge in [0.15, 0.2) is 5.60 Å². The number of alkyl halides is 3. The number of hydrogen-bond acceptors (Lipinski definition) is 5. The van der Waals surface area contributed by atoms with Gasteiger partial charge in [0.2, 0.25) is 5.88 Å². The number of nitrogens with zero attached hydrogens (tertiary/aromatic N) is 2. The van der Waals surface area contributed by atoms with Crippen molar-refractivity contribution in [1.82, 2.24) is 9.97 Å². The standard InChI is InChI=1S/C21H15Cl2F3N2O4/c1-11(20(31,21(24,25)26)13-6-7-27-17(23)8-13)15-9-14(3-4-16(15)22)32-18-5-2-12(10-28-18)19(29)30/h2-11,31H,1H3,(H,29,30). The molecule has 168 valence electrons. The van der Waals surface area contributed by atoms with Crippen LogP contribution in [0.3, 0.4) is 0 Å². The molecule has 0 saturated carbocycles. The van der Waals surface area contributed by atoms with Gasteiger partial charge in [0.1, 0.15) is 10.9 Å². The lowest BCUT2D eigenvalue weighted by atomic mass is 9.78. The quantitative estimate of drug-likeness (QED) is 0.426. The van der Waals surface area contributed by atoms with Crippen LogP contribution < -0.4 is 4.74 Å². The van der Waals surface area contributed by atoms with Crippen LogP contribution in [0, 0.1) is 0 Å². The molecule has 2 atom stereocenters. The molecule has 11 heteroatoms. The molecule has 0 fully saturated rings. The van der Waals surface area contributed by atoms with Crippen molar-refractivity contribution < 1.29 is 32.9 Å². The first-order valence-corrected chi connectivity index (χ1v) is 9.77. The van der Waals surface area contributed by atoms with E-state index in [4.69, 9.17) is 33.0 Å². The number of rotatable bonds is 6. The molecule has 0 aliphatic carbocycles. The Morgan fingerprint density at radius 2 is 1.81 bits per heavy atom. The topological polar surface area (TPSA) is 92.5 Å². The fraction of sp³-hybridized carbons (Fsp3) is 0.190. The van der Waals surface area contributed by atoms with Crippen molar-refractivity contribution in [1.29, 1.82) is 0 Å². The number of halogens is 5. The second kappa shape index (κ2) is 8.93. The Labute approximate surface area is 190 Å². The molecular formula is C21H15Cl2F3N2O4. The van der Waals surface area contributed by atoms with E-state index in [1.165, 1.54) is 37.3 Å². The Bertz CT molecular complexity index is 1140. The summed E-state index contributed by atoms with van der Waals surface area (Å²) in [6, 6.07) is 8.50. The van der Waals surface area contributed by atoms with Crippen LogP contribution in [0.5, 0.6) is 11.6 Å². The van der Waals surface area contributed by atoms with Crippen LogP contribution in [0.15, 0.2) is 54.9 Å². The van der Waals surface area contributed by atoms with Gasteiger partial charge in [-0.1, -0.05) is 30.1 Å². The Kier molecular flexibility index (Phi) is 6.64. The SMILES string of the molecule is CC(c1cc(Oc2ccc(C(=O)O)cn2)ccc1Cl)C(O)(c1ccnc(Cl)c1)C(F)(F)F. The smallest absolute Gasteiger partial charge is 0.422 e. The summed E-state index contributed by atoms with van der Waals surface area (Å²) >= 11 is 11.9. The zero-order chi connectivity index (χ0) is 23.7. The summed E-state index contributed by atoms with van der Waals surface area (Å²) in [5.41, 5.74) is -3.93. The normalized spacial score (nSPS) is 14.5. The van der Waals surface area contributed by atoms with Gasteiger partial charge in [-0.25, -0.2) is 14.8 Å². The summed E-state index contributed by atoms with van der Waals surface area (Å²) in [6.07, 6.45) is -2.94. The second-order valence-electron chi connectivity index (χ2n) is 6.83. The molecule has 0 radical (unpaired) electrons. The summed E-state index contributed by atoms with van der Waals surface area (Å²) in [5, 5.41) is 19.6. The number of pyridine rings is 2. The minimum Gasteiger partial charge on any atom is -0.478 e. The van der Waals surface area contributed by atoms with Gasteiger partial charge in [0.25, 0.3) is 0 Å². The molecule has 2 unspecified atom stereocenters. The second-order valence-corrected chi connectivity index (χ2v) is 7.62. The predicted octanol–water partition coefficient (Wildman–Crippen LogP) is 5.83. The van der Waals surface area contributed by atoms with Crippen LogP contribution in [0.2, 0.25) is 10.2 Å². The van der Waals surface area contributed by atoms with Crippen LogP contribution in [0.1, 0.15) is 34.3 Å². The van der Waals surface area contributed by atoms with Gasteiger partial charge in [-0.2, -0.15) is 13.2 Å². The number of carboxylic acid groups (broad SMARTS) is 1. The molecule has 0 aliphatic heterocycles. The fourth-order valence-electron chi connectivity index (χ4n) is 3.13. The summed E-state index contributed by atoms with van der Waals surface area (Å²) in [7, 11) is 0. The van der Waals surface area contributed by atoms with E-state index in [0.717, 1.165) is 24.5 Å². The molecule has 0 saturated heterocycles. The zero-order valence-corrected chi connectivity index (χ0v) is 17.8. The van der Waals surface area contributed by atoms with Crippen LogP contribution in [0.4, 0.5) is 13.2 Å². The average molecular weight is 487 g/mol. The van der Waals surface area contributed by atoms with E-state index >= 15 is 0 Å². The minimum atomic E-state index is -5.08. The average Bonchev–Trinajstić information content (AvgIpc) is 2.73. The Morgan fingerprint density at radius 3 is 2.38 bits per heavy atom. The molecule has 0 spiro atoms. The molecule has 2 N–H and O–H groups in total. The van der Waals surface area contributed by atoms with E-state index in [9.17, 15) is 23.1 Å². The molecule has 0 amide bonds. The highest BCUT2D eigenvalue weighted by Crippen LogP contribution is 2.50. The summed E-state index contributed by atoms with van der Waals surface area (Å²) in [5.74, 6) is -2.64. The highest BCUT2D eigenvalue weighted by molar-refractivity contribution is 6.31. The zero-order valence-electron chi connectivity index (χ0n) is 16.3. The molecular weight excluding hydrogens is 472 g/mol. The molecule has 3 aromatic rings. The van der Waals surface area contributed by atoms with Crippen molar-refractivity contribution >= 4 is 29.2 Å². The summed E-state index contributed by atoms with van der Waals surface area (Å²) < 4.78 is 47.8. The van der Waals surface area contributed by atoms with Gasteiger partial charge < -0.3 is 14.9 Å². The molecule has 1 aromatic carbocycles. The number of aliphatic hydroxyl groups is 1. The van der Waals surface area contributed by atoms with E-state index in [1.54, 1.807) is 0 Å². The van der Waals surface area contributed by atoms with Crippen molar-refractivity contribution in [3.8, 4) is 11.6 Å². The Balaban J connectivity index is 2.01. The van der Waals surface area contributed by atoms with Gasteiger partial charge in [-0.15, -0.1) is 0 Å². The van der Waals surface area contributed by atoms with Crippen molar-refractivity contribution in [2.24, 2.45) is 0 Å². The third-order valence-corrected chi connectivity index (χ3v) is 5.42. The maximum absolute atomic E-state index is 14.1. The Morgan fingerprint density at radius 1 is 1.09 bits per heavy atom. The lowest BCUT2D eigenvalue weighted by Crippen LogP contribution is -2.46. The third-order valence-electron chi connectivity index (χ3n) is 4.87. The molecule has 2 aromatic heterocycles. The highest BCUT2D eigenvalue weighted by atomic mass is 35.5. The Hall–Kier alpha value is -2.88. The predicted molar refractivity (Wildman–Crippen MR) is 110 cm³/mol. The van der Waals surface area contributed by atoms with Crippen molar-refractivity contribution in [3.05, 3.63) is 81.7 Å². The molecule has 3 rings (SSSR count). The van der Waals surface area contributed by atoms with Crippen LogP contribution in [0.25, 0.3) is 0 Å². The number of ether oxygens (including phenoxy) is 1. The van der Waals surface area contributed by atoms with Gasteiger partial charge in [-0.05, 0) is 47.5 Å². The lowest BCUT2D eigenvalue weighted by Gasteiger charge is -2.37. The van der Waals surface area contributed by atoms with Gasteiger partial charge in [-0.3, -0.25) is 0 Å². The van der Waals surface area contributed by atoms with Gasteiger partial charge >= 0.3 is 12.1 Å². The maximum Gasteiger partial charge on any atom is 0.422 e. The van der Waals surface area contributed by atoms with E-state index < -0.39 is 29.2 Å². The minimum absolute atomic E-state index is 0.0166. The monoisotopic (exact) mass is 486 g/mol.